The number of hydrogen-bond donors (Lipinski definition) is 0. The summed E-state index contributed by atoms with van der Waals surface area (Å²) in [4.78, 5) is 10.6. The van der Waals surface area contributed by atoms with Crippen LogP contribution in [-0.4, -0.2) is 10.9 Å². The Labute approximate surface area is 95.3 Å². The molecule has 1 heterocycles. The summed E-state index contributed by atoms with van der Waals surface area (Å²) in [7, 11) is 0. The fourth-order valence-corrected chi connectivity index (χ4v) is 1.61. The van der Waals surface area contributed by atoms with Crippen LogP contribution in [0.3, 0.4) is 0 Å². The van der Waals surface area contributed by atoms with Gasteiger partial charge in [-0.1, -0.05) is 0 Å². The van der Waals surface area contributed by atoms with Crippen molar-refractivity contribution in [1.82, 2.24) is 4.57 Å². The van der Waals surface area contributed by atoms with Gasteiger partial charge in [-0.2, -0.15) is 0 Å². The third-order valence-electron chi connectivity index (χ3n) is 2.58. The van der Waals surface area contributed by atoms with Crippen molar-refractivity contribution in [3.63, 3.8) is 0 Å². The zero-order valence-corrected chi connectivity index (χ0v) is 8.88. The van der Waals surface area contributed by atoms with E-state index in [9.17, 15) is 18.0 Å². The van der Waals surface area contributed by atoms with Crippen LogP contribution in [0.1, 0.15) is 16.1 Å². The molecule has 0 bridgehead atoms. The monoisotopic (exact) mass is 239 g/mol. The molecule has 0 atom stereocenters. The number of rotatable bonds is 2. The van der Waals surface area contributed by atoms with Gasteiger partial charge in [0.1, 0.15) is 0 Å². The summed E-state index contributed by atoms with van der Waals surface area (Å²) >= 11 is 0. The van der Waals surface area contributed by atoms with E-state index < -0.39 is 17.5 Å². The van der Waals surface area contributed by atoms with Gasteiger partial charge in [0.05, 0.1) is 5.69 Å². The summed E-state index contributed by atoms with van der Waals surface area (Å²) in [5.41, 5.74) is 0.702. The van der Waals surface area contributed by atoms with Gasteiger partial charge in [-0.15, -0.1) is 0 Å². The van der Waals surface area contributed by atoms with Crippen molar-refractivity contribution in [2.75, 3.05) is 0 Å². The van der Waals surface area contributed by atoms with E-state index >= 15 is 0 Å². The van der Waals surface area contributed by atoms with Crippen LogP contribution in [0.2, 0.25) is 0 Å². The fourth-order valence-electron chi connectivity index (χ4n) is 1.61. The summed E-state index contributed by atoms with van der Waals surface area (Å²) < 4.78 is 40.6. The van der Waals surface area contributed by atoms with E-state index in [1.54, 1.807) is 6.92 Å². The number of nitrogens with zero attached hydrogens (tertiary/aromatic N) is 1. The second kappa shape index (κ2) is 4.08. The van der Waals surface area contributed by atoms with E-state index in [0.717, 1.165) is 12.1 Å². The Bertz CT molecular complexity index is 590. The van der Waals surface area contributed by atoms with Crippen molar-refractivity contribution in [1.29, 1.82) is 0 Å². The van der Waals surface area contributed by atoms with Crippen LogP contribution in [0.4, 0.5) is 13.2 Å². The van der Waals surface area contributed by atoms with Crippen molar-refractivity contribution in [3.05, 3.63) is 53.1 Å². The average molecular weight is 239 g/mol. The van der Waals surface area contributed by atoms with Gasteiger partial charge in [0.2, 0.25) is 0 Å². The zero-order valence-electron chi connectivity index (χ0n) is 8.88. The Balaban J connectivity index is 2.65. The summed E-state index contributed by atoms with van der Waals surface area (Å²) in [6, 6.07) is 3.44. The highest BCUT2D eigenvalue weighted by Crippen LogP contribution is 2.21. The van der Waals surface area contributed by atoms with E-state index in [2.05, 4.69) is 0 Å². The van der Waals surface area contributed by atoms with E-state index in [-0.39, 0.29) is 5.69 Å². The van der Waals surface area contributed by atoms with E-state index in [0.29, 0.717) is 17.5 Å². The molecule has 88 valence electrons. The first-order valence-corrected chi connectivity index (χ1v) is 4.83. The van der Waals surface area contributed by atoms with Crippen molar-refractivity contribution in [2.24, 2.45) is 0 Å². The van der Waals surface area contributed by atoms with E-state index in [1.165, 1.54) is 16.8 Å². The summed E-state index contributed by atoms with van der Waals surface area (Å²) in [6.07, 6.45) is 2.04. The van der Waals surface area contributed by atoms with Gasteiger partial charge >= 0.3 is 0 Å². The normalized spacial score (nSPS) is 10.6. The molecule has 1 aromatic carbocycles. The largest absolute Gasteiger partial charge is 0.318 e. The zero-order chi connectivity index (χ0) is 12.6. The van der Waals surface area contributed by atoms with Crippen LogP contribution in [0, 0.1) is 24.4 Å². The lowest BCUT2D eigenvalue weighted by Crippen LogP contribution is -2.03. The van der Waals surface area contributed by atoms with Gasteiger partial charge in [0.15, 0.2) is 23.7 Å². The minimum absolute atomic E-state index is 0.130. The van der Waals surface area contributed by atoms with Crippen molar-refractivity contribution < 1.29 is 18.0 Å². The third-order valence-corrected chi connectivity index (χ3v) is 2.58. The number of halogens is 3. The fraction of sp³-hybridized carbons (Fsp3) is 0.0833. The van der Waals surface area contributed by atoms with Gasteiger partial charge in [0, 0.05) is 17.5 Å². The molecule has 0 amide bonds. The second-order valence-corrected chi connectivity index (χ2v) is 3.54. The molecule has 0 saturated carbocycles. The Kier molecular flexibility index (Phi) is 2.75. The molecule has 0 radical (unpaired) electrons. The molecule has 0 spiro atoms. The highest BCUT2D eigenvalue weighted by atomic mass is 19.2. The first-order chi connectivity index (χ1) is 8.06. The van der Waals surface area contributed by atoms with Crippen molar-refractivity contribution >= 4 is 6.29 Å². The standard InChI is InChI=1S/C12H8F3NO/c1-7-8(6-17)4-5-16(7)10-3-2-9(13)11(14)12(10)15/h2-6H,1H3. The van der Waals surface area contributed by atoms with Crippen LogP contribution < -0.4 is 0 Å². The highest BCUT2D eigenvalue weighted by Gasteiger charge is 2.16. The van der Waals surface area contributed by atoms with Crippen LogP contribution in [0.15, 0.2) is 24.4 Å². The summed E-state index contributed by atoms with van der Waals surface area (Å²) in [6.45, 7) is 1.59. The lowest BCUT2D eigenvalue weighted by Gasteiger charge is -2.08. The first kappa shape index (κ1) is 11.4. The maximum Gasteiger partial charge on any atom is 0.196 e. The van der Waals surface area contributed by atoms with Crippen LogP contribution in [0.25, 0.3) is 5.69 Å². The van der Waals surface area contributed by atoms with Gasteiger partial charge in [-0.3, -0.25) is 4.79 Å². The molecule has 2 rings (SSSR count). The van der Waals surface area contributed by atoms with Crippen LogP contribution >= 0.6 is 0 Å². The smallest absolute Gasteiger partial charge is 0.196 e. The molecule has 0 fully saturated rings. The predicted octanol–water partition coefficient (Wildman–Crippen LogP) is 3.02. The van der Waals surface area contributed by atoms with Crippen molar-refractivity contribution in [2.45, 2.75) is 6.92 Å². The molecular formula is C12H8F3NO. The van der Waals surface area contributed by atoms with Gasteiger partial charge in [-0.25, -0.2) is 13.2 Å². The summed E-state index contributed by atoms with van der Waals surface area (Å²) in [5.74, 6) is -4.05. The van der Waals surface area contributed by atoms with Crippen molar-refractivity contribution in [3.8, 4) is 5.69 Å². The minimum Gasteiger partial charge on any atom is -0.318 e. The van der Waals surface area contributed by atoms with Gasteiger partial charge in [-0.05, 0) is 25.1 Å². The molecule has 2 nitrogen and oxygen atoms in total. The molecule has 0 unspecified atom stereocenters. The molecule has 0 saturated heterocycles. The number of aldehydes is 1. The number of carbonyl (C=O) groups excluding carboxylic acids is 1. The number of benzene rings is 1. The van der Waals surface area contributed by atoms with E-state index in [4.69, 9.17) is 0 Å². The molecule has 0 aliphatic rings. The average Bonchev–Trinajstić information content (AvgIpc) is 2.68. The Morgan fingerprint density at radius 3 is 2.41 bits per heavy atom. The molecule has 5 heteroatoms. The number of carbonyl (C=O) groups is 1. The lowest BCUT2D eigenvalue weighted by molar-refractivity contribution is 0.112. The maximum atomic E-state index is 13.5. The molecule has 0 aliphatic carbocycles. The third kappa shape index (κ3) is 1.73. The molecular weight excluding hydrogens is 231 g/mol. The highest BCUT2D eigenvalue weighted by molar-refractivity contribution is 5.77. The molecule has 2 aromatic rings. The van der Waals surface area contributed by atoms with Crippen LogP contribution in [-0.2, 0) is 0 Å². The first-order valence-electron chi connectivity index (χ1n) is 4.83. The molecule has 17 heavy (non-hydrogen) atoms. The van der Waals surface area contributed by atoms with E-state index in [1.807, 2.05) is 0 Å². The van der Waals surface area contributed by atoms with Gasteiger partial charge < -0.3 is 4.57 Å². The Morgan fingerprint density at radius 1 is 1.12 bits per heavy atom. The Hall–Kier alpha value is -2.04. The molecule has 0 aliphatic heterocycles. The second-order valence-electron chi connectivity index (χ2n) is 3.54. The van der Waals surface area contributed by atoms with Gasteiger partial charge in [0.25, 0.3) is 0 Å². The predicted molar refractivity (Wildman–Crippen MR) is 55.8 cm³/mol. The minimum atomic E-state index is -1.52. The number of aromatic nitrogens is 1. The molecule has 1 aromatic heterocycles. The molecule has 0 N–H and O–H groups in total. The topological polar surface area (TPSA) is 22.0 Å². The van der Waals surface area contributed by atoms with Crippen LogP contribution in [0.5, 0.6) is 0 Å². The summed E-state index contributed by atoms with van der Waals surface area (Å²) in [5, 5.41) is 0. The Morgan fingerprint density at radius 2 is 1.82 bits per heavy atom. The maximum absolute atomic E-state index is 13.5. The number of hydrogen-bond acceptors (Lipinski definition) is 1. The quantitative estimate of drug-likeness (QED) is 0.583. The lowest BCUT2D eigenvalue weighted by atomic mass is 10.2. The SMILES string of the molecule is Cc1c(C=O)ccn1-c1ccc(F)c(F)c1F.